The highest BCUT2D eigenvalue weighted by Crippen LogP contribution is 2.37. The number of methoxy groups -OCH3 is 1. The normalized spacial score (nSPS) is 10.7. The molecule has 0 unspecified atom stereocenters. The molecule has 0 aromatic heterocycles. The van der Waals surface area contributed by atoms with Crippen molar-refractivity contribution in [3.8, 4) is 17.6 Å². The van der Waals surface area contributed by atoms with Crippen molar-refractivity contribution in [2.45, 2.75) is 13.8 Å². The fraction of sp³-hybridized carbons (Fsp3) is 0.227. The van der Waals surface area contributed by atoms with Crippen molar-refractivity contribution in [3.05, 3.63) is 58.1 Å². The minimum atomic E-state index is -0.605. The van der Waals surface area contributed by atoms with Gasteiger partial charge >= 0.3 is 5.97 Å². The molecule has 0 heterocycles. The van der Waals surface area contributed by atoms with E-state index in [0.717, 1.165) is 0 Å². The highest BCUT2D eigenvalue weighted by molar-refractivity contribution is 6.32. The highest BCUT2D eigenvalue weighted by Gasteiger charge is 2.15. The Morgan fingerprint density at radius 3 is 2.37 bits per heavy atom. The van der Waals surface area contributed by atoms with Gasteiger partial charge in [0.2, 0.25) is 0 Å². The second-order valence-corrected chi connectivity index (χ2v) is 6.30. The summed E-state index contributed by atoms with van der Waals surface area (Å²) in [6.45, 7) is 4.47. The van der Waals surface area contributed by atoms with Gasteiger partial charge in [0, 0.05) is 5.69 Å². The Balaban J connectivity index is 2.27. The Morgan fingerprint density at radius 1 is 1.13 bits per heavy atom. The molecule has 8 heteroatoms. The van der Waals surface area contributed by atoms with Gasteiger partial charge in [0.1, 0.15) is 11.6 Å². The van der Waals surface area contributed by atoms with Gasteiger partial charge in [-0.1, -0.05) is 11.6 Å². The minimum absolute atomic E-state index is 0.130. The van der Waals surface area contributed by atoms with E-state index in [0.29, 0.717) is 46.5 Å². The van der Waals surface area contributed by atoms with E-state index in [4.69, 9.17) is 21.1 Å². The first-order chi connectivity index (χ1) is 14.4. The van der Waals surface area contributed by atoms with E-state index in [-0.39, 0.29) is 5.57 Å². The lowest BCUT2D eigenvalue weighted by Gasteiger charge is -2.13. The number of carbonyl (C=O) groups excluding carboxylic acids is 2. The number of carbonyl (C=O) groups is 2. The first kappa shape index (κ1) is 22.8. The number of hydrogen-bond acceptors (Lipinski definition) is 6. The quantitative estimate of drug-likeness (QED) is 0.378. The molecule has 0 radical (unpaired) electrons. The first-order valence-electron chi connectivity index (χ1n) is 9.14. The van der Waals surface area contributed by atoms with Crippen molar-refractivity contribution in [1.82, 2.24) is 0 Å². The maximum atomic E-state index is 12.5. The summed E-state index contributed by atoms with van der Waals surface area (Å²) in [6.07, 6.45) is 1.41. The summed E-state index contributed by atoms with van der Waals surface area (Å²) in [6, 6.07) is 11.2. The number of benzene rings is 2. The van der Waals surface area contributed by atoms with Crippen LogP contribution in [-0.2, 0) is 9.53 Å². The lowest BCUT2D eigenvalue weighted by molar-refractivity contribution is -0.112. The number of ether oxygens (including phenoxy) is 3. The van der Waals surface area contributed by atoms with Gasteiger partial charge in [0.15, 0.2) is 11.5 Å². The Hall–Kier alpha value is -3.50. The number of nitrogens with one attached hydrogen (secondary N) is 1. The largest absolute Gasteiger partial charge is 0.490 e. The second kappa shape index (κ2) is 10.9. The van der Waals surface area contributed by atoms with Crippen LogP contribution in [-0.4, -0.2) is 32.2 Å². The zero-order valence-corrected chi connectivity index (χ0v) is 17.6. The van der Waals surface area contributed by atoms with E-state index < -0.39 is 11.9 Å². The van der Waals surface area contributed by atoms with Crippen LogP contribution in [0.15, 0.2) is 42.0 Å². The molecule has 0 fully saturated rings. The summed E-state index contributed by atoms with van der Waals surface area (Å²) in [5, 5.41) is 12.4. The molecule has 0 atom stereocenters. The van der Waals surface area contributed by atoms with Crippen molar-refractivity contribution in [2.24, 2.45) is 0 Å². The van der Waals surface area contributed by atoms with Crippen LogP contribution in [0.5, 0.6) is 11.5 Å². The lowest BCUT2D eigenvalue weighted by Crippen LogP contribution is -2.13. The van der Waals surface area contributed by atoms with E-state index in [2.05, 4.69) is 10.1 Å². The van der Waals surface area contributed by atoms with Crippen molar-refractivity contribution >= 4 is 35.2 Å². The Kier molecular flexibility index (Phi) is 8.27. The third-order valence-electron chi connectivity index (χ3n) is 3.86. The maximum Gasteiger partial charge on any atom is 0.337 e. The Morgan fingerprint density at radius 2 is 1.80 bits per heavy atom. The second-order valence-electron chi connectivity index (χ2n) is 5.89. The topological polar surface area (TPSA) is 97.7 Å². The van der Waals surface area contributed by atoms with Crippen LogP contribution in [0.4, 0.5) is 5.69 Å². The molecule has 7 nitrogen and oxygen atoms in total. The Bertz CT molecular complexity index is 994. The van der Waals surface area contributed by atoms with Crippen molar-refractivity contribution in [3.63, 3.8) is 0 Å². The molecule has 0 bridgehead atoms. The molecule has 0 aliphatic rings. The molecular weight excluding hydrogens is 408 g/mol. The monoisotopic (exact) mass is 428 g/mol. The summed E-state index contributed by atoms with van der Waals surface area (Å²) in [4.78, 5) is 24.0. The zero-order chi connectivity index (χ0) is 22.1. The van der Waals surface area contributed by atoms with Gasteiger partial charge in [0.05, 0.1) is 30.9 Å². The molecule has 0 aliphatic heterocycles. The van der Waals surface area contributed by atoms with Crippen molar-refractivity contribution in [2.75, 3.05) is 25.6 Å². The van der Waals surface area contributed by atoms with E-state index in [1.54, 1.807) is 24.3 Å². The van der Waals surface area contributed by atoms with E-state index in [1.807, 2.05) is 19.9 Å². The van der Waals surface area contributed by atoms with Gasteiger partial charge in [-0.15, -0.1) is 0 Å². The number of anilines is 1. The number of hydrogen-bond donors (Lipinski definition) is 1. The van der Waals surface area contributed by atoms with Crippen LogP contribution in [0.3, 0.4) is 0 Å². The van der Waals surface area contributed by atoms with E-state index >= 15 is 0 Å². The molecule has 2 aromatic rings. The molecular formula is C22H21ClN2O5. The predicted molar refractivity (Wildman–Crippen MR) is 114 cm³/mol. The fourth-order valence-electron chi connectivity index (χ4n) is 2.54. The predicted octanol–water partition coefficient (Wildman–Crippen LogP) is 4.47. The summed E-state index contributed by atoms with van der Waals surface area (Å²) >= 11 is 6.28. The SMILES string of the molecule is CCOc1cc(/C=C(\C#N)C(=O)Nc2ccc(C(=O)OC)cc2)cc(Cl)c1OCC. The van der Waals surface area contributed by atoms with Crippen LogP contribution >= 0.6 is 11.6 Å². The van der Waals surface area contributed by atoms with Crippen LogP contribution in [0.2, 0.25) is 5.02 Å². The third-order valence-corrected chi connectivity index (χ3v) is 4.14. The standard InChI is InChI=1S/C22H21ClN2O5/c1-4-29-19-12-14(11-18(23)20(19)30-5-2)10-16(13-24)21(26)25-17-8-6-15(7-9-17)22(27)28-3/h6-12H,4-5H2,1-3H3,(H,25,26)/b16-10+. The summed E-state index contributed by atoms with van der Waals surface area (Å²) in [7, 11) is 1.28. The third kappa shape index (κ3) is 5.75. The van der Waals surface area contributed by atoms with Gasteiger partial charge in [-0.05, 0) is 61.9 Å². The minimum Gasteiger partial charge on any atom is -0.490 e. The highest BCUT2D eigenvalue weighted by atomic mass is 35.5. The van der Waals surface area contributed by atoms with Crippen LogP contribution in [0.1, 0.15) is 29.8 Å². The van der Waals surface area contributed by atoms with Gasteiger partial charge in [-0.3, -0.25) is 4.79 Å². The van der Waals surface area contributed by atoms with Gasteiger partial charge in [-0.2, -0.15) is 5.26 Å². The number of rotatable bonds is 8. The molecule has 2 rings (SSSR count). The molecule has 1 amide bonds. The number of nitriles is 1. The fourth-order valence-corrected chi connectivity index (χ4v) is 2.81. The summed E-state index contributed by atoms with van der Waals surface area (Å²) in [5.74, 6) is -0.254. The molecule has 156 valence electrons. The number of halogens is 1. The van der Waals surface area contributed by atoms with Gasteiger partial charge in [0.25, 0.3) is 5.91 Å². The lowest BCUT2D eigenvalue weighted by atomic mass is 10.1. The molecule has 0 spiro atoms. The van der Waals surface area contributed by atoms with Crippen molar-refractivity contribution < 1.29 is 23.8 Å². The molecule has 2 aromatic carbocycles. The zero-order valence-electron chi connectivity index (χ0n) is 16.8. The van der Waals surface area contributed by atoms with Crippen LogP contribution in [0, 0.1) is 11.3 Å². The molecule has 0 aliphatic carbocycles. The van der Waals surface area contributed by atoms with Crippen molar-refractivity contribution in [1.29, 1.82) is 5.26 Å². The number of nitrogens with zero attached hydrogens (tertiary/aromatic N) is 1. The molecule has 0 saturated heterocycles. The van der Waals surface area contributed by atoms with Crippen LogP contribution in [0.25, 0.3) is 6.08 Å². The molecule has 1 N–H and O–H groups in total. The number of esters is 1. The Labute approximate surface area is 179 Å². The molecule has 0 saturated carbocycles. The van der Waals surface area contributed by atoms with E-state index in [9.17, 15) is 14.9 Å². The average Bonchev–Trinajstić information content (AvgIpc) is 2.74. The summed E-state index contributed by atoms with van der Waals surface area (Å²) in [5.41, 5.74) is 1.15. The molecule has 30 heavy (non-hydrogen) atoms. The van der Waals surface area contributed by atoms with Gasteiger partial charge < -0.3 is 19.5 Å². The maximum absolute atomic E-state index is 12.5. The first-order valence-corrected chi connectivity index (χ1v) is 9.51. The van der Waals surface area contributed by atoms with E-state index in [1.165, 1.54) is 25.3 Å². The summed E-state index contributed by atoms with van der Waals surface area (Å²) < 4.78 is 15.7. The average molecular weight is 429 g/mol. The number of amides is 1. The van der Waals surface area contributed by atoms with Gasteiger partial charge in [-0.25, -0.2) is 4.79 Å². The van der Waals surface area contributed by atoms with Crippen LogP contribution < -0.4 is 14.8 Å². The smallest absolute Gasteiger partial charge is 0.337 e.